The Morgan fingerprint density at radius 2 is 1.92 bits per heavy atom. The molecule has 0 bridgehead atoms. The smallest absolute Gasteiger partial charge is 0.186 e. The maximum absolute atomic E-state index is 9.31. The maximum Gasteiger partial charge on any atom is 0.186 e. The lowest BCUT2D eigenvalue weighted by Crippen LogP contribution is -2.37. The van der Waals surface area contributed by atoms with Crippen molar-refractivity contribution in [3.8, 4) is 0 Å². The Bertz CT molecular complexity index is 149. The van der Waals surface area contributed by atoms with Crippen LogP contribution in [0.25, 0.3) is 0 Å². The molecule has 0 saturated carbocycles. The molecule has 1 rings (SSSR count). The molecule has 3 N–H and O–H groups in total. The minimum absolute atomic E-state index is 0.773. The van der Waals surface area contributed by atoms with Gasteiger partial charge in [-0.2, -0.15) is 0 Å². The molecule has 72 valence electrons. The van der Waals surface area contributed by atoms with Crippen LogP contribution in [0.3, 0.4) is 0 Å². The van der Waals surface area contributed by atoms with E-state index >= 15 is 0 Å². The van der Waals surface area contributed by atoms with Gasteiger partial charge in [0, 0.05) is 7.11 Å². The average molecular weight is 178 g/mol. The lowest BCUT2D eigenvalue weighted by molar-refractivity contribution is -0.161. The third kappa shape index (κ3) is 1.60. The fourth-order valence-corrected chi connectivity index (χ4v) is 1.27. The quantitative estimate of drug-likeness (QED) is 0.477. The van der Waals surface area contributed by atoms with Crippen LogP contribution in [0.15, 0.2) is 0 Å². The SMILES string of the molecule is CO[C@@H]1O[C@H]([C@H](C)O)[C@@H](O)[C@H]1O. The van der Waals surface area contributed by atoms with Crippen LogP contribution in [0.1, 0.15) is 6.92 Å². The lowest BCUT2D eigenvalue weighted by atomic mass is 10.1. The number of methoxy groups -OCH3 is 1. The Labute approximate surface area is 70.5 Å². The van der Waals surface area contributed by atoms with Gasteiger partial charge < -0.3 is 24.8 Å². The van der Waals surface area contributed by atoms with E-state index in [2.05, 4.69) is 0 Å². The van der Waals surface area contributed by atoms with E-state index in [1.54, 1.807) is 0 Å². The molecule has 1 fully saturated rings. The van der Waals surface area contributed by atoms with Crippen molar-refractivity contribution in [3.63, 3.8) is 0 Å². The molecule has 0 spiro atoms. The van der Waals surface area contributed by atoms with Crippen molar-refractivity contribution in [2.45, 2.75) is 37.6 Å². The van der Waals surface area contributed by atoms with Crippen LogP contribution in [0.5, 0.6) is 0 Å². The Morgan fingerprint density at radius 3 is 2.17 bits per heavy atom. The average Bonchev–Trinajstić information content (AvgIpc) is 2.30. The monoisotopic (exact) mass is 178 g/mol. The van der Waals surface area contributed by atoms with Gasteiger partial charge in [-0.15, -0.1) is 0 Å². The summed E-state index contributed by atoms with van der Waals surface area (Å²) < 4.78 is 9.76. The summed E-state index contributed by atoms with van der Waals surface area (Å²) in [5.74, 6) is 0. The number of aliphatic hydroxyl groups is 3. The van der Waals surface area contributed by atoms with E-state index in [4.69, 9.17) is 14.6 Å². The van der Waals surface area contributed by atoms with Crippen molar-refractivity contribution in [1.29, 1.82) is 0 Å². The highest BCUT2D eigenvalue weighted by molar-refractivity contribution is 4.89. The lowest BCUT2D eigenvalue weighted by Gasteiger charge is -2.16. The van der Waals surface area contributed by atoms with Crippen molar-refractivity contribution in [1.82, 2.24) is 0 Å². The van der Waals surface area contributed by atoms with Crippen LogP contribution in [0.4, 0.5) is 0 Å². The van der Waals surface area contributed by atoms with Crippen LogP contribution in [0, 0.1) is 0 Å². The highest BCUT2D eigenvalue weighted by Crippen LogP contribution is 2.23. The molecule has 5 nitrogen and oxygen atoms in total. The molecule has 0 amide bonds. The fourth-order valence-electron chi connectivity index (χ4n) is 1.27. The first-order valence-electron chi connectivity index (χ1n) is 3.80. The van der Waals surface area contributed by atoms with Crippen molar-refractivity contribution < 1.29 is 24.8 Å². The predicted molar refractivity (Wildman–Crippen MR) is 39.4 cm³/mol. The second-order valence-electron chi connectivity index (χ2n) is 2.93. The Balaban J connectivity index is 2.60. The van der Waals surface area contributed by atoms with Gasteiger partial charge in [0.15, 0.2) is 6.29 Å². The summed E-state index contributed by atoms with van der Waals surface area (Å²) in [5.41, 5.74) is 0. The summed E-state index contributed by atoms with van der Waals surface area (Å²) in [6.45, 7) is 1.48. The van der Waals surface area contributed by atoms with Gasteiger partial charge in [0.2, 0.25) is 0 Å². The number of hydrogen-bond donors (Lipinski definition) is 3. The summed E-state index contributed by atoms with van der Waals surface area (Å²) in [7, 11) is 1.37. The molecule has 1 aliphatic rings. The zero-order valence-electron chi connectivity index (χ0n) is 7.04. The first-order valence-corrected chi connectivity index (χ1v) is 3.80. The molecule has 12 heavy (non-hydrogen) atoms. The summed E-state index contributed by atoms with van der Waals surface area (Å²) >= 11 is 0. The van der Waals surface area contributed by atoms with E-state index < -0.39 is 30.7 Å². The third-order valence-electron chi connectivity index (χ3n) is 1.96. The summed E-state index contributed by atoms with van der Waals surface area (Å²) in [5, 5.41) is 27.7. The predicted octanol–water partition coefficient (Wildman–Crippen LogP) is -1.54. The number of ether oxygens (including phenoxy) is 2. The van der Waals surface area contributed by atoms with Crippen LogP contribution >= 0.6 is 0 Å². The molecule has 5 atom stereocenters. The van der Waals surface area contributed by atoms with E-state index in [0.29, 0.717) is 0 Å². The molecular formula is C7H14O5. The zero-order chi connectivity index (χ0) is 9.30. The molecular weight excluding hydrogens is 164 g/mol. The fraction of sp³-hybridized carbons (Fsp3) is 1.00. The van der Waals surface area contributed by atoms with Crippen LogP contribution in [-0.2, 0) is 9.47 Å². The standard InChI is InChI=1S/C7H14O5/c1-3(8)6-4(9)5(10)7(11-2)12-6/h3-10H,1-2H3/t3-,4-,5+,6+,7+/m0/s1. The molecule has 1 heterocycles. The largest absolute Gasteiger partial charge is 0.391 e. The second-order valence-corrected chi connectivity index (χ2v) is 2.93. The maximum atomic E-state index is 9.31. The van der Waals surface area contributed by atoms with E-state index in [0.717, 1.165) is 0 Å². The van der Waals surface area contributed by atoms with Gasteiger partial charge in [0.1, 0.15) is 18.3 Å². The first kappa shape index (κ1) is 9.88. The first-order chi connectivity index (χ1) is 5.57. The van der Waals surface area contributed by atoms with Crippen LogP contribution in [-0.4, -0.2) is 53.1 Å². The molecule has 0 aromatic rings. The Kier molecular flexibility index (Phi) is 3.03. The topological polar surface area (TPSA) is 79.2 Å². The molecule has 0 unspecified atom stereocenters. The molecule has 0 aliphatic carbocycles. The van der Waals surface area contributed by atoms with Gasteiger partial charge in [0.25, 0.3) is 0 Å². The second kappa shape index (κ2) is 3.68. The molecule has 1 saturated heterocycles. The number of aliphatic hydroxyl groups excluding tert-OH is 3. The number of hydrogen-bond acceptors (Lipinski definition) is 5. The van der Waals surface area contributed by atoms with Gasteiger partial charge >= 0.3 is 0 Å². The normalized spacial score (nSPS) is 44.8. The Morgan fingerprint density at radius 1 is 1.33 bits per heavy atom. The van der Waals surface area contributed by atoms with Crippen LogP contribution < -0.4 is 0 Å². The highest BCUT2D eigenvalue weighted by atomic mass is 16.7. The molecule has 1 aliphatic heterocycles. The van der Waals surface area contributed by atoms with Crippen LogP contribution in [0.2, 0.25) is 0 Å². The van der Waals surface area contributed by atoms with E-state index in [9.17, 15) is 10.2 Å². The summed E-state index contributed by atoms with van der Waals surface area (Å²) in [6, 6.07) is 0. The Hall–Kier alpha value is -0.200. The molecule has 0 aromatic carbocycles. The van der Waals surface area contributed by atoms with Crippen molar-refractivity contribution >= 4 is 0 Å². The van der Waals surface area contributed by atoms with Crippen molar-refractivity contribution in [2.24, 2.45) is 0 Å². The van der Waals surface area contributed by atoms with Crippen molar-refractivity contribution in [2.75, 3.05) is 7.11 Å². The van der Waals surface area contributed by atoms with Gasteiger partial charge in [-0.25, -0.2) is 0 Å². The number of rotatable bonds is 2. The third-order valence-corrected chi connectivity index (χ3v) is 1.96. The van der Waals surface area contributed by atoms with E-state index in [-0.39, 0.29) is 0 Å². The molecule has 0 radical (unpaired) electrons. The van der Waals surface area contributed by atoms with Crippen molar-refractivity contribution in [3.05, 3.63) is 0 Å². The summed E-state index contributed by atoms with van der Waals surface area (Å²) in [4.78, 5) is 0. The van der Waals surface area contributed by atoms with Gasteiger partial charge in [0.05, 0.1) is 6.10 Å². The minimum Gasteiger partial charge on any atom is -0.391 e. The molecule has 5 heteroatoms. The zero-order valence-corrected chi connectivity index (χ0v) is 7.04. The van der Waals surface area contributed by atoms with E-state index in [1.807, 2.05) is 0 Å². The van der Waals surface area contributed by atoms with Gasteiger partial charge in [-0.3, -0.25) is 0 Å². The van der Waals surface area contributed by atoms with Gasteiger partial charge in [-0.1, -0.05) is 0 Å². The highest BCUT2D eigenvalue weighted by Gasteiger charge is 2.44. The minimum atomic E-state index is -1.09. The summed E-state index contributed by atoms with van der Waals surface area (Å²) in [6.07, 6.45) is -4.62. The van der Waals surface area contributed by atoms with E-state index in [1.165, 1.54) is 14.0 Å². The molecule has 0 aromatic heterocycles. The van der Waals surface area contributed by atoms with Gasteiger partial charge in [-0.05, 0) is 6.92 Å².